The monoisotopic (exact) mass is 285 g/mol. The van der Waals surface area contributed by atoms with Gasteiger partial charge in [0.2, 0.25) is 0 Å². The molecule has 0 aliphatic carbocycles. The van der Waals surface area contributed by atoms with Crippen LogP contribution in [0.15, 0.2) is 36.4 Å². The SMILES string of the molecule is CCOc1ccccc1-n1c(=S)[nH]c2ccc(C)nc21. The number of hydrogen-bond acceptors (Lipinski definition) is 3. The van der Waals surface area contributed by atoms with E-state index in [0.29, 0.717) is 11.4 Å². The van der Waals surface area contributed by atoms with Crippen molar-refractivity contribution < 1.29 is 4.74 Å². The number of imidazole rings is 1. The first-order valence-corrected chi connectivity index (χ1v) is 6.92. The van der Waals surface area contributed by atoms with Gasteiger partial charge in [-0.1, -0.05) is 12.1 Å². The van der Waals surface area contributed by atoms with E-state index in [1.165, 1.54) is 0 Å². The molecule has 0 saturated carbocycles. The van der Waals surface area contributed by atoms with Gasteiger partial charge in [0.15, 0.2) is 10.4 Å². The summed E-state index contributed by atoms with van der Waals surface area (Å²) in [7, 11) is 0. The van der Waals surface area contributed by atoms with Gasteiger partial charge in [-0.3, -0.25) is 4.57 Å². The lowest BCUT2D eigenvalue weighted by Gasteiger charge is -2.11. The molecule has 0 aliphatic heterocycles. The van der Waals surface area contributed by atoms with Crippen molar-refractivity contribution in [1.82, 2.24) is 14.5 Å². The summed E-state index contributed by atoms with van der Waals surface area (Å²) in [6.45, 7) is 4.54. The third kappa shape index (κ3) is 2.10. The van der Waals surface area contributed by atoms with E-state index < -0.39 is 0 Å². The molecular weight excluding hydrogens is 270 g/mol. The largest absolute Gasteiger partial charge is 0.492 e. The number of rotatable bonds is 3. The Hall–Kier alpha value is -2.14. The van der Waals surface area contributed by atoms with Gasteiger partial charge in [-0.2, -0.15) is 0 Å². The van der Waals surface area contributed by atoms with E-state index in [9.17, 15) is 0 Å². The van der Waals surface area contributed by atoms with Crippen LogP contribution < -0.4 is 4.74 Å². The third-order valence-electron chi connectivity index (χ3n) is 3.08. The lowest BCUT2D eigenvalue weighted by molar-refractivity contribution is 0.339. The predicted molar refractivity (Wildman–Crippen MR) is 82.2 cm³/mol. The Kier molecular flexibility index (Phi) is 3.28. The number of aromatic nitrogens is 3. The normalized spacial score (nSPS) is 10.9. The number of fused-ring (bicyclic) bond motifs is 1. The first-order chi connectivity index (χ1) is 9.70. The molecule has 0 bridgehead atoms. The number of benzene rings is 1. The fourth-order valence-electron chi connectivity index (χ4n) is 2.22. The number of aromatic amines is 1. The topological polar surface area (TPSA) is 42.8 Å². The van der Waals surface area contributed by atoms with Gasteiger partial charge in [0.25, 0.3) is 0 Å². The highest BCUT2D eigenvalue weighted by molar-refractivity contribution is 7.71. The molecule has 2 aromatic heterocycles. The number of nitrogens with zero attached hydrogens (tertiary/aromatic N) is 2. The van der Waals surface area contributed by atoms with Gasteiger partial charge in [0.05, 0.1) is 17.8 Å². The van der Waals surface area contributed by atoms with Crippen LogP contribution in [0.4, 0.5) is 0 Å². The van der Waals surface area contributed by atoms with Crippen molar-refractivity contribution >= 4 is 23.4 Å². The minimum atomic E-state index is 0.610. The Morgan fingerprint density at radius 3 is 2.85 bits per heavy atom. The molecular formula is C15H15N3OS. The van der Waals surface area contributed by atoms with Crippen LogP contribution in [0.2, 0.25) is 0 Å². The number of H-pyrrole nitrogens is 1. The summed E-state index contributed by atoms with van der Waals surface area (Å²) < 4.78 is 8.22. The van der Waals surface area contributed by atoms with Crippen LogP contribution in [0.1, 0.15) is 12.6 Å². The van der Waals surface area contributed by atoms with Crippen LogP contribution in [0.5, 0.6) is 5.75 Å². The van der Waals surface area contributed by atoms with Gasteiger partial charge >= 0.3 is 0 Å². The Morgan fingerprint density at radius 2 is 2.05 bits per heavy atom. The van der Waals surface area contributed by atoms with Gasteiger partial charge in [0, 0.05) is 5.69 Å². The zero-order chi connectivity index (χ0) is 14.1. The van der Waals surface area contributed by atoms with E-state index in [-0.39, 0.29) is 0 Å². The summed E-state index contributed by atoms with van der Waals surface area (Å²) in [4.78, 5) is 7.77. The van der Waals surface area contributed by atoms with Crippen molar-refractivity contribution in [2.45, 2.75) is 13.8 Å². The molecule has 0 atom stereocenters. The molecule has 2 heterocycles. The summed E-state index contributed by atoms with van der Waals surface area (Å²) >= 11 is 5.43. The van der Waals surface area contributed by atoms with Crippen molar-refractivity contribution in [3.8, 4) is 11.4 Å². The van der Waals surface area contributed by atoms with Crippen LogP contribution in [0.3, 0.4) is 0 Å². The zero-order valence-electron chi connectivity index (χ0n) is 11.4. The minimum absolute atomic E-state index is 0.610. The van der Waals surface area contributed by atoms with Crippen LogP contribution in [0.25, 0.3) is 16.9 Å². The molecule has 0 saturated heterocycles. The number of hydrogen-bond donors (Lipinski definition) is 1. The second-order valence-corrected chi connectivity index (χ2v) is 4.88. The van der Waals surface area contributed by atoms with Crippen molar-refractivity contribution in [3.05, 3.63) is 46.9 Å². The average Bonchev–Trinajstić information content (AvgIpc) is 2.75. The highest BCUT2D eigenvalue weighted by Crippen LogP contribution is 2.26. The zero-order valence-corrected chi connectivity index (χ0v) is 12.2. The molecule has 0 fully saturated rings. The molecule has 0 spiro atoms. The lowest BCUT2D eigenvalue weighted by atomic mass is 10.3. The van der Waals surface area contributed by atoms with E-state index in [1.54, 1.807) is 0 Å². The van der Waals surface area contributed by atoms with Crippen molar-refractivity contribution in [2.24, 2.45) is 0 Å². The Morgan fingerprint density at radius 1 is 1.25 bits per heavy atom. The van der Waals surface area contributed by atoms with Crippen LogP contribution in [-0.2, 0) is 0 Å². The molecule has 3 aromatic rings. The maximum atomic E-state index is 5.69. The van der Waals surface area contributed by atoms with E-state index in [1.807, 2.05) is 54.8 Å². The quantitative estimate of drug-likeness (QED) is 0.744. The molecule has 1 aromatic carbocycles. The number of para-hydroxylation sites is 2. The van der Waals surface area contributed by atoms with Crippen LogP contribution in [-0.4, -0.2) is 21.1 Å². The summed E-state index contributed by atoms with van der Waals surface area (Å²) in [6.07, 6.45) is 0. The molecule has 0 aliphatic rings. The maximum absolute atomic E-state index is 5.69. The van der Waals surface area contributed by atoms with E-state index in [0.717, 1.165) is 28.3 Å². The molecule has 1 N–H and O–H groups in total. The van der Waals surface area contributed by atoms with E-state index in [4.69, 9.17) is 17.0 Å². The Balaban J connectivity index is 2.32. The second kappa shape index (κ2) is 5.09. The Labute approximate surface area is 122 Å². The Bertz CT molecular complexity index is 819. The minimum Gasteiger partial charge on any atom is -0.492 e. The number of pyridine rings is 1. The van der Waals surface area contributed by atoms with Gasteiger partial charge in [0.1, 0.15) is 5.75 Å². The molecule has 3 rings (SSSR count). The van der Waals surface area contributed by atoms with E-state index in [2.05, 4.69) is 9.97 Å². The number of ether oxygens (including phenoxy) is 1. The van der Waals surface area contributed by atoms with Crippen molar-refractivity contribution in [2.75, 3.05) is 6.61 Å². The van der Waals surface area contributed by atoms with Gasteiger partial charge < -0.3 is 9.72 Å². The standard InChI is InChI=1S/C15H15N3OS/c1-3-19-13-7-5-4-6-12(13)18-14-11(17-15(18)20)9-8-10(2)16-14/h4-9H,3H2,1-2H3,(H,17,20). The summed E-state index contributed by atoms with van der Waals surface area (Å²) in [5, 5.41) is 0. The fourth-order valence-corrected chi connectivity index (χ4v) is 2.52. The summed E-state index contributed by atoms with van der Waals surface area (Å²) in [5.74, 6) is 0.801. The molecule has 0 unspecified atom stereocenters. The van der Waals surface area contributed by atoms with Crippen molar-refractivity contribution in [3.63, 3.8) is 0 Å². The first kappa shape index (κ1) is 12.9. The third-order valence-corrected chi connectivity index (χ3v) is 3.36. The molecule has 20 heavy (non-hydrogen) atoms. The fraction of sp³-hybridized carbons (Fsp3) is 0.200. The van der Waals surface area contributed by atoms with Crippen LogP contribution in [0, 0.1) is 11.7 Å². The van der Waals surface area contributed by atoms with Gasteiger partial charge in [-0.25, -0.2) is 4.98 Å². The predicted octanol–water partition coefficient (Wildman–Crippen LogP) is 3.79. The molecule has 0 radical (unpaired) electrons. The summed E-state index contributed by atoms with van der Waals surface area (Å²) in [6, 6.07) is 11.8. The number of aryl methyl sites for hydroxylation is 1. The van der Waals surface area contributed by atoms with E-state index >= 15 is 0 Å². The highest BCUT2D eigenvalue weighted by Gasteiger charge is 2.12. The van der Waals surface area contributed by atoms with Gasteiger partial charge in [-0.05, 0) is 50.3 Å². The molecule has 0 amide bonds. The first-order valence-electron chi connectivity index (χ1n) is 6.51. The molecule has 5 heteroatoms. The van der Waals surface area contributed by atoms with Crippen molar-refractivity contribution in [1.29, 1.82) is 0 Å². The average molecular weight is 285 g/mol. The highest BCUT2D eigenvalue weighted by atomic mass is 32.1. The molecule has 4 nitrogen and oxygen atoms in total. The number of nitrogens with one attached hydrogen (secondary N) is 1. The maximum Gasteiger partial charge on any atom is 0.184 e. The smallest absolute Gasteiger partial charge is 0.184 e. The van der Waals surface area contributed by atoms with Crippen LogP contribution >= 0.6 is 12.2 Å². The summed E-state index contributed by atoms with van der Waals surface area (Å²) in [5.41, 5.74) is 3.60. The lowest BCUT2D eigenvalue weighted by Crippen LogP contribution is -2.01. The van der Waals surface area contributed by atoms with Gasteiger partial charge in [-0.15, -0.1) is 0 Å². The second-order valence-electron chi connectivity index (χ2n) is 4.49. The molecule has 102 valence electrons.